The van der Waals surface area contributed by atoms with Crippen LogP contribution in [0.4, 0.5) is 11.4 Å². The molecule has 2 amide bonds. The zero-order valence-electron chi connectivity index (χ0n) is 11.8. The first-order chi connectivity index (χ1) is 11.0. The summed E-state index contributed by atoms with van der Waals surface area (Å²) >= 11 is 9.49. The highest BCUT2D eigenvalue weighted by molar-refractivity contribution is 14.1. The lowest BCUT2D eigenvalue weighted by Crippen LogP contribution is -2.32. The number of hydrogen-bond donors (Lipinski definition) is 2. The van der Waals surface area contributed by atoms with E-state index in [1.807, 2.05) is 30.3 Å². The molecule has 4 nitrogen and oxygen atoms in total. The molecule has 23 heavy (non-hydrogen) atoms. The van der Waals surface area contributed by atoms with Crippen LogP contribution in [-0.4, -0.2) is 17.1 Å². The number of carbonyl (C=O) groups excluding carboxylic acids is 2. The summed E-state index contributed by atoms with van der Waals surface area (Å²) in [6.45, 7) is 0. The first-order valence-electron chi connectivity index (χ1n) is 6.84. The Labute approximate surface area is 156 Å². The zero-order valence-corrected chi connectivity index (χ0v) is 15.5. The maximum atomic E-state index is 12.2. The molecule has 1 unspecified atom stereocenters. The highest BCUT2D eigenvalue weighted by Crippen LogP contribution is 2.38. The average Bonchev–Trinajstić information content (AvgIpc) is 2.48. The number of thioether (sulfide) groups is 1. The normalized spacial score (nSPS) is 16.4. The second kappa shape index (κ2) is 7.11. The molecule has 7 heteroatoms. The molecular formula is C16H12ClIN2O2S. The number of nitrogens with one attached hydrogen (secondary N) is 2. The fraction of sp³-hybridized carbons (Fsp3) is 0.125. The van der Waals surface area contributed by atoms with Gasteiger partial charge in [-0.2, -0.15) is 0 Å². The number of halogens is 2. The molecule has 2 N–H and O–H groups in total. The third kappa shape index (κ3) is 4.19. The van der Waals surface area contributed by atoms with Gasteiger partial charge < -0.3 is 10.6 Å². The number of fused-ring (bicyclic) bond motifs is 1. The fourth-order valence-electron chi connectivity index (χ4n) is 2.20. The Morgan fingerprint density at radius 2 is 2.13 bits per heavy atom. The first-order valence-corrected chi connectivity index (χ1v) is 9.17. The van der Waals surface area contributed by atoms with Gasteiger partial charge in [0.15, 0.2) is 0 Å². The van der Waals surface area contributed by atoms with E-state index in [9.17, 15) is 9.59 Å². The second-order valence-electron chi connectivity index (χ2n) is 5.00. The van der Waals surface area contributed by atoms with Gasteiger partial charge in [0.05, 0.1) is 10.9 Å². The third-order valence-electron chi connectivity index (χ3n) is 3.24. The van der Waals surface area contributed by atoms with Gasteiger partial charge in [-0.05, 0) is 59.0 Å². The molecule has 1 heterocycles. The van der Waals surface area contributed by atoms with Crippen molar-refractivity contribution < 1.29 is 9.59 Å². The molecule has 0 saturated heterocycles. The van der Waals surface area contributed by atoms with Crippen LogP contribution in [0.25, 0.3) is 0 Å². The van der Waals surface area contributed by atoms with Crippen molar-refractivity contribution in [3.63, 3.8) is 0 Å². The maximum Gasteiger partial charge on any atom is 0.238 e. The van der Waals surface area contributed by atoms with E-state index in [1.54, 1.807) is 12.1 Å². The SMILES string of the molecule is O=C(CC1Sc2ccc(Cl)cc2NC1=O)Nc1cccc(I)c1. The fourth-order valence-corrected chi connectivity index (χ4v) is 4.01. The van der Waals surface area contributed by atoms with E-state index in [1.165, 1.54) is 11.8 Å². The van der Waals surface area contributed by atoms with Gasteiger partial charge in [-0.3, -0.25) is 9.59 Å². The number of rotatable bonds is 3. The molecular weight excluding hydrogens is 447 g/mol. The summed E-state index contributed by atoms with van der Waals surface area (Å²) in [6.07, 6.45) is 0.115. The topological polar surface area (TPSA) is 58.2 Å². The van der Waals surface area contributed by atoms with E-state index in [0.29, 0.717) is 10.7 Å². The van der Waals surface area contributed by atoms with Crippen molar-refractivity contribution in [2.45, 2.75) is 16.6 Å². The summed E-state index contributed by atoms with van der Waals surface area (Å²) in [4.78, 5) is 25.2. The summed E-state index contributed by atoms with van der Waals surface area (Å²) in [5.74, 6) is -0.361. The Hall–Kier alpha value is -1.25. The Kier molecular flexibility index (Phi) is 5.13. The van der Waals surface area contributed by atoms with Gasteiger partial charge >= 0.3 is 0 Å². The van der Waals surface area contributed by atoms with Crippen molar-refractivity contribution in [1.82, 2.24) is 0 Å². The maximum absolute atomic E-state index is 12.2. The molecule has 1 aliphatic rings. The number of carbonyl (C=O) groups is 2. The minimum atomic E-state index is -0.452. The number of hydrogen-bond acceptors (Lipinski definition) is 3. The molecule has 0 aliphatic carbocycles. The minimum Gasteiger partial charge on any atom is -0.326 e. The molecule has 1 atom stereocenters. The molecule has 118 valence electrons. The lowest BCUT2D eigenvalue weighted by Gasteiger charge is -2.23. The molecule has 1 aliphatic heterocycles. The van der Waals surface area contributed by atoms with Gasteiger partial charge in [-0.15, -0.1) is 11.8 Å². The van der Waals surface area contributed by atoms with Crippen LogP contribution in [0.1, 0.15) is 6.42 Å². The van der Waals surface area contributed by atoms with Crippen LogP contribution < -0.4 is 10.6 Å². The highest BCUT2D eigenvalue weighted by atomic mass is 127. The highest BCUT2D eigenvalue weighted by Gasteiger charge is 2.29. The van der Waals surface area contributed by atoms with Gasteiger partial charge in [0.25, 0.3) is 0 Å². The number of amides is 2. The molecule has 0 spiro atoms. The Morgan fingerprint density at radius 3 is 2.91 bits per heavy atom. The van der Waals surface area contributed by atoms with E-state index in [4.69, 9.17) is 11.6 Å². The standard InChI is InChI=1S/C16H12ClIN2O2S/c17-9-4-5-13-12(6-9)20-16(22)14(23-13)8-15(21)19-11-3-1-2-10(18)7-11/h1-7,14H,8H2,(H,19,21)(H,20,22). The van der Waals surface area contributed by atoms with Crippen LogP contribution in [0.15, 0.2) is 47.4 Å². The van der Waals surface area contributed by atoms with E-state index in [2.05, 4.69) is 33.2 Å². The van der Waals surface area contributed by atoms with Crippen molar-refractivity contribution in [1.29, 1.82) is 0 Å². The van der Waals surface area contributed by atoms with Crippen molar-refractivity contribution >= 4 is 69.1 Å². The molecule has 0 saturated carbocycles. The molecule has 2 aromatic carbocycles. The minimum absolute atomic E-state index is 0.115. The van der Waals surface area contributed by atoms with E-state index in [0.717, 1.165) is 14.2 Å². The summed E-state index contributed by atoms with van der Waals surface area (Å²) in [6, 6.07) is 12.9. The van der Waals surface area contributed by atoms with E-state index >= 15 is 0 Å². The van der Waals surface area contributed by atoms with Gasteiger partial charge in [-0.25, -0.2) is 0 Å². The van der Waals surface area contributed by atoms with Gasteiger partial charge in [0, 0.05) is 25.6 Å². The molecule has 2 aromatic rings. The number of benzene rings is 2. The number of anilines is 2. The smallest absolute Gasteiger partial charge is 0.238 e. The van der Waals surface area contributed by atoms with Crippen LogP contribution in [0.2, 0.25) is 5.02 Å². The molecule has 3 rings (SSSR count). The summed E-state index contributed by atoms with van der Waals surface area (Å²) in [7, 11) is 0. The van der Waals surface area contributed by atoms with Crippen LogP contribution in [-0.2, 0) is 9.59 Å². The Bertz CT molecular complexity index is 784. The quantitative estimate of drug-likeness (QED) is 0.671. The van der Waals surface area contributed by atoms with E-state index < -0.39 is 5.25 Å². The molecule has 0 aromatic heterocycles. The van der Waals surface area contributed by atoms with Crippen LogP contribution in [0.5, 0.6) is 0 Å². The molecule has 0 radical (unpaired) electrons. The second-order valence-corrected chi connectivity index (χ2v) is 7.93. The van der Waals surface area contributed by atoms with Gasteiger partial charge in [-0.1, -0.05) is 17.7 Å². The predicted molar refractivity (Wildman–Crippen MR) is 102 cm³/mol. The van der Waals surface area contributed by atoms with Gasteiger partial charge in [0.2, 0.25) is 11.8 Å². The molecule has 0 fully saturated rings. The van der Waals surface area contributed by atoms with Crippen molar-refractivity contribution in [3.05, 3.63) is 51.1 Å². The predicted octanol–water partition coefficient (Wildman–Crippen LogP) is 4.39. The van der Waals surface area contributed by atoms with Crippen molar-refractivity contribution in [2.75, 3.05) is 10.6 Å². The summed E-state index contributed by atoms with van der Waals surface area (Å²) in [5.41, 5.74) is 1.43. The van der Waals surface area contributed by atoms with Crippen molar-refractivity contribution in [3.8, 4) is 0 Å². The van der Waals surface area contributed by atoms with Crippen molar-refractivity contribution in [2.24, 2.45) is 0 Å². The van der Waals surface area contributed by atoms with Crippen LogP contribution >= 0.6 is 46.0 Å². The Balaban J connectivity index is 1.67. The molecule has 0 bridgehead atoms. The van der Waals surface area contributed by atoms with Crippen LogP contribution in [0.3, 0.4) is 0 Å². The lowest BCUT2D eigenvalue weighted by atomic mass is 10.2. The van der Waals surface area contributed by atoms with Gasteiger partial charge in [0.1, 0.15) is 0 Å². The first kappa shape index (κ1) is 16.6. The largest absolute Gasteiger partial charge is 0.326 e. The van der Waals surface area contributed by atoms with E-state index in [-0.39, 0.29) is 18.2 Å². The van der Waals surface area contributed by atoms with Crippen LogP contribution in [0, 0.1) is 3.57 Å². The summed E-state index contributed by atoms with van der Waals surface area (Å²) in [5, 5.41) is 5.75. The summed E-state index contributed by atoms with van der Waals surface area (Å²) < 4.78 is 1.04. The average molecular weight is 459 g/mol. The lowest BCUT2D eigenvalue weighted by molar-refractivity contribution is -0.120. The zero-order chi connectivity index (χ0) is 16.4. The Morgan fingerprint density at radius 1 is 1.30 bits per heavy atom. The third-order valence-corrected chi connectivity index (χ3v) is 5.42. The monoisotopic (exact) mass is 458 g/mol.